The summed E-state index contributed by atoms with van der Waals surface area (Å²) in [6.45, 7) is 8.26. The van der Waals surface area contributed by atoms with Gasteiger partial charge >= 0.3 is 0 Å². The smallest absolute Gasteiger partial charge is 0.216 e. The molecule has 0 radical (unpaired) electrons. The first-order valence-electron chi connectivity index (χ1n) is 8.28. The predicted molar refractivity (Wildman–Crippen MR) is 103 cm³/mol. The zero-order valence-electron chi connectivity index (χ0n) is 15.6. The molecule has 0 spiro atoms. The lowest BCUT2D eigenvalue weighted by molar-refractivity contribution is 0.287. The van der Waals surface area contributed by atoms with E-state index in [9.17, 15) is 0 Å². The number of para-hydroxylation sites is 1. The molecule has 2 aromatic heterocycles. The van der Waals surface area contributed by atoms with Crippen LogP contribution in [0.15, 0.2) is 23.3 Å². The molecule has 1 N–H and O–H groups in total. The number of nitrogens with zero attached hydrogens (tertiary/aromatic N) is 5. The summed E-state index contributed by atoms with van der Waals surface area (Å²) in [5.41, 5.74) is 5.08. The molecule has 2 heterocycles. The van der Waals surface area contributed by atoms with E-state index in [0.717, 1.165) is 33.8 Å². The second kappa shape index (κ2) is 7.25. The number of aromatic nitrogens is 5. The summed E-state index contributed by atoms with van der Waals surface area (Å²) in [5, 5.41) is 15.9. The molecule has 8 heteroatoms. The summed E-state index contributed by atoms with van der Waals surface area (Å²) in [6, 6.07) is 6.05. The van der Waals surface area contributed by atoms with Gasteiger partial charge < -0.3 is 4.74 Å². The Morgan fingerprint density at radius 3 is 2.54 bits per heavy atom. The van der Waals surface area contributed by atoms with Crippen LogP contribution in [0.4, 0.5) is 0 Å². The number of aryl methyl sites for hydroxylation is 4. The van der Waals surface area contributed by atoms with E-state index in [4.69, 9.17) is 17.0 Å². The largest absolute Gasteiger partial charge is 0.485 e. The van der Waals surface area contributed by atoms with E-state index < -0.39 is 0 Å². The standard InChI is InChI=1S/C18H22N6OS/c1-11-7-6-8-12(2)17(11)25-10-16-20-21-18(26)24(16)19-9-15-13(3)22-23(5)14(15)4/h6-9H,10H2,1-5H3,(H,21,26). The third-order valence-corrected chi connectivity index (χ3v) is 4.60. The second-order valence-electron chi connectivity index (χ2n) is 6.22. The molecule has 0 amide bonds. The fourth-order valence-corrected chi connectivity index (χ4v) is 2.99. The highest BCUT2D eigenvalue weighted by Gasteiger charge is 2.11. The Kier molecular flexibility index (Phi) is 5.03. The second-order valence-corrected chi connectivity index (χ2v) is 6.61. The van der Waals surface area contributed by atoms with Crippen molar-refractivity contribution < 1.29 is 4.74 Å². The minimum atomic E-state index is 0.265. The van der Waals surface area contributed by atoms with Gasteiger partial charge in [-0.1, -0.05) is 18.2 Å². The summed E-state index contributed by atoms with van der Waals surface area (Å²) in [6.07, 6.45) is 1.76. The molecule has 0 saturated carbocycles. The Bertz CT molecular complexity index is 1010. The number of rotatable bonds is 5. The van der Waals surface area contributed by atoms with E-state index in [1.807, 2.05) is 57.6 Å². The highest BCUT2D eigenvalue weighted by Crippen LogP contribution is 2.23. The van der Waals surface area contributed by atoms with Crippen molar-refractivity contribution in [2.45, 2.75) is 34.3 Å². The minimum absolute atomic E-state index is 0.265. The Balaban J connectivity index is 1.85. The van der Waals surface area contributed by atoms with Crippen LogP contribution in [0.3, 0.4) is 0 Å². The topological polar surface area (TPSA) is 73.0 Å². The predicted octanol–water partition coefficient (Wildman–Crippen LogP) is 3.37. The van der Waals surface area contributed by atoms with Crippen molar-refractivity contribution in [2.24, 2.45) is 12.1 Å². The Hall–Kier alpha value is -2.74. The number of aromatic amines is 1. The van der Waals surface area contributed by atoms with Gasteiger partial charge in [0.05, 0.1) is 11.9 Å². The van der Waals surface area contributed by atoms with Crippen molar-refractivity contribution >= 4 is 18.4 Å². The molecule has 1 aromatic carbocycles. The van der Waals surface area contributed by atoms with Gasteiger partial charge in [0.2, 0.25) is 4.77 Å². The first kappa shape index (κ1) is 18.1. The average molecular weight is 370 g/mol. The maximum absolute atomic E-state index is 5.97. The van der Waals surface area contributed by atoms with Gasteiger partial charge in [0.15, 0.2) is 5.82 Å². The van der Waals surface area contributed by atoms with Crippen LogP contribution in [0.2, 0.25) is 0 Å². The molecule has 0 atom stereocenters. The fraction of sp³-hybridized carbons (Fsp3) is 0.333. The zero-order valence-corrected chi connectivity index (χ0v) is 16.4. The first-order chi connectivity index (χ1) is 12.4. The van der Waals surface area contributed by atoms with Crippen molar-refractivity contribution in [1.29, 1.82) is 0 Å². The SMILES string of the molecule is Cc1cccc(C)c1OCc1n[nH]c(=S)n1N=Cc1c(C)nn(C)c1C. The van der Waals surface area contributed by atoms with Crippen molar-refractivity contribution in [3.63, 3.8) is 0 Å². The number of H-pyrrole nitrogens is 1. The third-order valence-electron chi connectivity index (χ3n) is 4.34. The van der Waals surface area contributed by atoms with E-state index in [-0.39, 0.29) is 6.61 Å². The normalized spacial score (nSPS) is 11.4. The van der Waals surface area contributed by atoms with Crippen LogP contribution in [-0.4, -0.2) is 30.9 Å². The lowest BCUT2D eigenvalue weighted by Gasteiger charge is -2.11. The maximum atomic E-state index is 5.97. The lowest BCUT2D eigenvalue weighted by Crippen LogP contribution is -2.06. The number of hydrogen-bond donors (Lipinski definition) is 1. The van der Waals surface area contributed by atoms with Crippen LogP contribution in [0.25, 0.3) is 0 Å². The van der Waals surface area contributed by atoms with Gasteiger partial charge in [0.1, 0.15) is 12.4 Å². The van der Waals surface area contributed by atoms with E-state index >= 15 is 0 Å². The highest BCUT2D eigenvalue weighted by atomic mass is 32.1. The van der Waals surface area contributed by atoms with Crippen LogP contribution in [0.1, 0.15) is 33.9 Å². The van der Waals surface area contributed by atoms with Gasteiger partial charge in [0, 0.05) is 18.3 Å². The monoisotopic (exact) mass is 370 g/mol. The molecule has 3 rings (SSSR count). The summed E-state index contributed by atoms with van der Waals surface area (Å²) in [4.78, 5) is 0. The number of nitrogens with one attached hydrogen (secondary N) is 1. The minimum Gasteiger partial charge on any atom is -0.485 e. The molecular formula is C18H22N6OS. The van der Waals surface area contributed by atoms with Gasteiger partial charge in [-0.15, -0.1) is 0 Å². The van der Waals surface area contributed by atoms with Crippen LogP contribution in [0.5, 0.6) is 5.75 Å². The Morgan fingerprint density at radius 2 is 1.92 bits per heavy atom. The molecule has 0 saturated heterocycles. The highest BCUT2D eigenvalue weighted by molar-refractivity contribution is 7.71. The lowest BCUT2D eigenvalue weighted by atomic mass is 10.1. The summed E-state index contributed by atoms with van der Waals surface area (Å²) < 4.78 is 9.80. The van der Waals surface area contributed by atoms with Crippen molar-refractivity contribution in [1.82, 2.24) is 24.7 Å². The molecular weight excluding hydrogens is 348 g/mol. The van der Waals surface area contributed by atoms with Gasteiger partial charge in [-0.05, 0) is 51.0 Å². The van der Waals surface area contributed by atoms with E-state index in [2.05, 4.69) is 20.4 Å². The van der Waals surface area contributed by atoms with Crippen molar-refractivity contribution in [3.05, 3.63) is 56.9 Å². The first-order valence-corrected chi connectivity index (χ1v) is 8.69. The molecule has 0 aliphatic carbocycles. The molecule has 136 valence electrons. The van der Waals surface area contributed by atoms with Gasteiger partial charge in [-0.2, -0.15) is 20.0 Å². The molecule has 3 aromatic rings. The molecule has 0 fully saturated rings. The van der Waals surface area contributed by atoms with Gasteiger partial charge in [-0.25, -0.2) is 5.10 Å². The van der Waals surface area contributed by atoms with Gasteiger partial charge in [0.25, 0.3) is 0 Å². The Labute approximate surface area is 157 Å². The average Bonchev–Trinajstić information content (AvgIpc) is 3.05. The van der Waals surface area contributed by atoms with E-state index in [1.54, 1.807) is 10.9 Å². The third kappa shape index (κ3) is 3.45. The number of hydrogen-bond acceptors (Lipinski definition) is 5. The number of benzene rings is 1. The van der Waals surface area contributed by atoms with Crippen LogP contribution in [0, 0.1) is 32.5 Å². The van der Waals surface area contributed by atoms with E-state index in [1.165, 1.54) is 0 Å². The zero-order chi connectivity index (χ0) is 18.8. The molecule has 0 unspecified atom stereocenters. The molecule has 7 nitrogen and oxygen atoms in total. The quantitative estimate of drug-likeness (QED) is 0.552. The van der Waals surface area contributed by atoms with Crippen LogP contribution < -0.4 is 4.74 Å². The number of ether oxygens (including phenoxy) is 1. The van der Waals surface area contributed by atoms with Crippen molar-refractivity contribution in [3.8, 4) is 5.75 Å². The van der Waals surface area contributed by atoms with Crippen LogP contribution >= 0.6 is 12.2 Å². The van der Waals surface area contributed by atoms with E-state index in [0.29, 0.717) is 10.6 Å². The maximum Gasteiger partial charge on any atom is 0.216 e. The fourth-order valence-electron chi connectivity index (χ4n) is 2.79. The Morgan fingerprint density at radius 1 is 1.23 bits per heavy atom. The van der Waals surface area contributed by atoms with Crippen LogP contribution in [-0.2, 0) is 13.7 Å². The van der Waals surface area contributed by atoms with Gasteiger partial charge in [-0.3, -0.25) is 4.68 Å². The summed E-state index contributed by atoms with van der Waals surface area (Å²) in [5.74, 6) is 1.46. The molecule has 26 heavy (non-hydrogen) atoms. The molecule has 0 aliphatic rings. The molecule has 0 aliphatic heterocycles. The summed E-state index contributed by atoms with van der Waals surface area (Å²) >= 11 is 5.30. The van der Waals surface area contributed by atoms with Crippen molar-refractivity contribution in [2.75, 3.05) is 0 Å². The summed E-state index contributed by atoms with van der Waals surface area (Å²) in [7, 11) is 1.91. The molecule has 0 bridgehead atoms.